The zero-order valence-corrected chi connectivity index (χ0v) is 11.1. The molecule has 0 aliphatic heterocycles. The van der Waals surface area contributed by atoms with Gasteiger partial charge >= 0.3 is 0 Å². The zero-order valence-electron chi connectivity index (χ0n) is 9.48. The molecule has 0 spiro atoms. The van der Waals surface area contributed by atoms with Gasteiger partial charge in [-0.15, -0.1) is 0 Å². The van der Waals surface area contributed by atoms with E-state index in [9.17, 15) is 5.11 Å². The van der Waals surface area contributed by atoms with E-state index in [2.05, 4.69) is 15.9 Å². The average molecular weight is 293 g/mol. The molecule has 2 aromatic carbocycles. The minimum Gasteiger partial charge on any atom is -0.508 e. The number of hydrogen-bond donors (Lipinski definition) is 1. The first kappa shape index (κ1) is 12.0. The largest absolute Gasteiger partial charge is 0.508 e. The summed E-state index contributed by atoms with van der Waals surface area (Å²) in [5.41, 5.74) is 2.17. The van der Waals surface area contributed by atoms with Gasteiger partial charge < -0.3 is 9.84 Å². The van der Waals surface area contributed by atoms with Gasteiger partial charge in [0, 0.05) is 11.4 Å². The maximum atomic E-state index is 9.47. The van der Waals surface area contributed by atoms with Crippen molar-refractivity contribution in [1.82, 2.24) is 0 Å². The molecule has 0 atom stereocenters. The Labute approximate surface area is 109 Å². The molecule has 1 N–H and O–H groups in total. The van der Waals surface area contributed by atoms with Gasteiger partial charge in [0.2, 0.25) is 0 Å². The van der Waals surface area contributed by atoms with Gasteiger partial charge in [-0.2, -0.15) is 0 Å². The van der Waals surface area contributed by atoms with Gasteiger partial charge in [-0.3, -0.25) is 0 Å². The number of aromatic hydroxyl groups is 1. The van der Waals surface area contributed by atoms with Crippen LogP contribution in [-0.2, 0) is 5.33 Å². The lowest BCUT2D eigenvalue weighted by Gasteiger charge is -2.07. The van der Waals surface area contributed by atoms with E-state index >= 15 is 0 Å². The van der Waals surface area contributed by atoms with Gasteiger partial charge in [-0.25, -0.2) is 0 Å². The van der Waals surface area contributed by atoms with Crippen molar-refractivity contribution in [2.24, 2.45) is 0 Å². The summed E-state index contributed by atoms with van der Waals surface area (Å²) in [5, 5.41) is 10.3. The molecule has 2 aromatic rings. The van der Waals surface area contributed by atoms with Gasteiger partial charge in [0.1, 0.15) is 17.2 Å². The van der Waals surface area contributed by atoms with Crippen molar-refractivity contribution in [3.63, 3.8) is 0 Å². The minimum atomic E-state index is 0.220. The van der Waals surface area contributed by atoms with Gasteiger partial charge in [-0.05, 0) is 42.3 Å². The maximum Gasteiger partial charge on any atom is 0.131 e. The molecule has 17 heavy (non-hydrogen) atoms. The van der Waals surface area contributed by atoms with E-state index in [-0.39, 0.29) is 5.75 Å². The Hall–Kier alpha value is -1.48. The Balaban J connectivity index is 2.19. The highest BCUT2D eigenvalue weighted by molar-refractivity contribution is 9.08. The molecule has 0 radical (unpaired) electrons. The van der Waals surface area contributed by atoms with Gasteiger partial charge in [-0.1, -0.05) is 28.1 Å². The number of ether oxygens (including phenoxy) is 1. The van der Waals surface area contributed by atoms with Crippen molar-refractivity contribution in [2.75, 3.05) is 0 Å². The van der Waals surface area contributed by atoms with Crippen LogP contribution in [0.1, 0.15) is 11.1 Å². The first-order valence-corrected chi connectivity index (χ1v) is 6.43. The van der Waals surface area contributed by atoms with Crippen molar-refractivity contribution >= 4 is 15.9 Å². The average Bonchev–Trinajstić information content (AvgIpc) is 2.28. The standard InChI is InChI=1S/C14H13BrO2/c1-10-6-12(16)8-14(7-10)17-13-4-2-11(9-15)3-5-13/h2-8,16H,9H2,1H3. The number of hydrogen-bond acceptors (Lipinski definition) is 2. The Bertz CT molecular complexity index is 486. The number of rotatable bonds is 3. The SMILES string of the molecule is Cc1cc(O)cc(Oc2ccc(CBr)cc2)c1. The third kappa shape index (κ3) is 3.24. The number of halogens is 1. The van der Waals surface area contributed by atoms with Gasteiger partial charge in [0.05, 0.1) is 0 Å². The monoisotopic (exact) mass is 292 g/mol. The summed E-state index contributed by atoms with van der Waals surface area (Å²) in [6.45, 7) is 1.92. The molecule has 3 heteroatoms. The molecule has 0 fully saturated rings. The van der Waals surface area contributed by atoms with E-state index in [1.54, 1.807) is 12.1 Å². The number of phenolic OH excluding ortho intramolecular Hbond substituents is 1. The summed E-state index contributed by atoms with van der Waals surface area (Å²) >= 11 is 3.39. The lowest BCUT2D eigenvalue weighted by atomic mass is 10.2. The fourth-order valence-corrected chi connectivity index (χ4v) is 1.94. The minimum absolute atomic E-state index is 0.220. The second-order valence-corrected chi connectivity index (χ2v) is 4.44. The zero-order chi connectivity index (χ0) is 12.3. The molecule has 0 heterocycles. The third-order valence-electron chi connectivity index (χ3n) is 2.35. The van der Waals surface area contributed by atoms with Gasteiger partial charge in [0.25, 0.3) is 0 Å². The molecule has 0 bridgehead atoms. The van der Waals surface area contributed by atoms with Crippen LogP contribution in [0.15, 0.2) is 42.5 Å². The summed E-state index contributed by atoms with van der Waals surface area (Å²) < 4.78 is 5.66. The molecule has 0 aliphatic rings. The second kappa shape index (κ2) is 5.23. The van der Waals surface area contributed by atoms with E-state index < -0.39 is 0 Å². The van der Waals surface area contributed by atoms with Crippen LogP contribution in [0, 0.1) is 6.92 Å². The number of alkyl halides is 1. The number of aryl methyl sites for hydroxylation is 1. The molecule has 0 aromatic heterocycles. The predicted octanol–water partition coefficient (Wildman–Crippen LogP) is 4.39. The van der Waals surface area contributed by atoms with Crippen molar-refractivity contribution in [1.29, 1.82) is 0 Å². The van der Waals surface area contributed by atoms with Crippen LogP contribution in [0.25, 0.3) is 0 Å². The van der Waals surface area contributed by atoms with Crippen LogP contribution in [0.2, 0.25) is 0 Å². The fourth-order valence-electron chi connectivity index (χ4n) is 1.57. The second-order valence-electron chi connectivity index (χ2n) is 3.88. The summed E-state index contributed by atoms with van der Waals surface area (Å²) in [5.74, 6) is 1.63. The Kier molecular flexibility index (Phi) is 3.69. The van der Waals surface area contributed by atoms with E-state index in [0.717, 1.165) is 16.6 Å². The smallest absolute Gasteiger partial charge is 0.131 e. The first-order chi connectivity index (χ1) is 8.17. The highest BCUT2D eigenvalue weighted by atomic mass is 79.9. The van der Waals surface area contributed by atoms with Crippen LogP contribution >= 0.6 is 15.9 Å². The molecule has 0 unspecified atom stereocenters. The predicted molar refractivity (Wildman–Crippen MR) is 72.0 cm³/mol. The van der Waals surface area contributed by atoms with Crippen LogP contribution in [0.4, 0.5) is 0 Å². The molecule has 0 aliphatic carbocycles. The van der Waals surface area contributed by atoms with Crippen LogP contribution in [0.3, 0.4) is 0 Å². The van der Waals surface area contributed by atoms with Crippen LogP contribution < -0.4 is 4.74 Å². The van der Waals surface area contributed by atoms with Crippen molar-refractivity contribution in [3.8, 4) is 17.2 Å². The topological polar surface area (TPSA) is 29.5 Å². The Morgan fingerprint density at radius 1 is 1.06 bits per heavy atom. The molecule has 0 saturated carbocycles. The summed E-state index contributed by atoms with van der Waals surface area (Å²) in [6.07, 6.45) is 0. The van der Waals surface area contributed by atoms with Crippen molar-refractivity contribution in [3.05, 3.63) is 53.6 Å². The molecular formula is C14H13BrO2. The Morgan fingerprint density at radius 3 is 2.35 bits per heavy atom. The lowest BCUT2D eigenvalue weighted by molar-refractivity contribution is 0.454. The number of benzene rings is 2. The first-order valence-electron chi connectivity index (χ1n) is 5.31. The summed E-state index contributed by atoms with van der Waals surface area (Å²) in [4.78, 5) is 0. The quantitative estimate of drug-likeness (QED) is 0.850. The molecule has 88 valence electrons. The normalized spacial score (nSPS) is 10.2. The van der Waals surface area contributed by atoms with Crippen LogP contribution in [0.5, 0.6) is 17.2 Å². The molecule has 2 rings (SSSR count). The van der Waals surface area contributed by atoms with Crippen molar-refractivity contribution < 1.29 is 9.84 Å². The van der Waals surface area contributed by atoms with Crippen LogP contribution in [-0.4, -0.2) is 5.11 Å². The molecule has 2 nitrogen and oxygen atoms in total. The molecular weight excluding hydrogens is 280 g/mol. The van der Waals surface area contributed by atoms with E-state index in [0.29, 0.717) is 5.75 Å². The third-order valence-corrected chi connectivity index (χ3v) is 3.00. The van der Waals surface area contributed by atoms with E-state index in [4.69, 9.17) is 4.74 Å². The summed E-state index contributed by atoms with van der Waals surface area (Å²) in [7, 11) is 0. The highest BCUT2D eigenvalue weighted by Crippen LogP contribution is 2.26. The molecule has 0 saturated heterocycles. The van der Waals surface area contributed by atoms with E-state index in [1.165, 1.54) is 5.56 Å². The summed E-state index contributed by atoms with van der Waals surface area (Å²) in [6, 6.07) is 13.0. The number of phenols is 1. The molecule has 0 amide bonds. The maximum absolute atomic E-state index is 9.47. The highest BCUT2D eigenvalue weighted by Gasteiger charge is 2.00. The Morgan fingerprint density at radius 2 is 1.76 bits per heavy atom. The lowest BCUT2D eigenvalue weighted by Crippen LogP contribution is -1.86. The fraction of sp³-hybridized carbons (Fsp3) is 0.143. The van der Waals surface area contributed by atoms with Crippen molar-refractivity contribution in [2.45, 2.75) is 12.3 Å². The van der Waals surface area contributed by atoms with E-state index in [1.807, 2.05) is 37.3 Å². The van der Waals surface area contributed by atoms with Gasteiger partial charge in [0.15, 0.2) is 0 Å².